The Kier molecular flexibility index (Phi) is 4.63. The van der Waals surface area contributed by atoms with Gasteiger partial charge in [-0.2, -0.15) is 0 Å². The van der Waals surface area contributed by atoms with Crippen molar-refractivity contribution in [3.8, 4) is 0 Å². The van der Waals surface area contributed by atoms with Crippen molar-refractivity contribution in [3.63, 3.8) is 0 Å². The van der Waals surface area contributed by atoms with Gasteiger partial charge in [-0.05, 0) is 25.5 Å². The molecule has 1 N–H and O–H groups in total. The maximum absolute atomic E-state index is 11.9. The molecule has 0 saturated heterocycles. The minimum Gasteiger partial charge on any atom is -0.481 e. The van der Waals surface area contributed by atoms with Gasteiger partial charge in [0, 0.05) is 25.7 Å². The third kappa shape index (κ3) is 4.22. The lowest BCUT2D eigenvalue weighted by Crippen LogP contribution is -2.28. The predicted molar refractivity (Wildman–Crippen MR) is 62.8 cm³/mol. The number of pyridine rings is 1. The minimum absolute atomic E-state index is 0.0683. The number of amides is 1. The van der Waals surface area contributed by atoms with E-state index < -0.39 is 5.97 Å². The number of aliphatic carboxylic acids is 1. The van der Waals surface area contributed by atoms with Crippen LogP contribution in [0.5, 0.6) is 0 Å². The van der Waals surface area contributed by atoms with Crippen LogP contribution >= 0.6 is 0 Å². The Morgan fingerprint density at radius 1 is 1.41 bits per heavy atom. The molecule has 92 valence electrons. The minimum atomic E-state index is -0.848. The molecule has 17 heavy (non-hydrogen) atoms. The molecular weight excluding hydrogens is 220 g/mol. The fourth-order valence-corrected chi connectivity index (χ4v) is 1.43. The van der Waals surface area contributed by atoms with Gasteiger partial charge >= 0.3 is 5.97 Å². The standard InChI is InChI=1S/C12H16N2O3/c1-9-5-3-6-10(13-9)12(17)14(2)8-4-7-11(15)16/h3,5-6H,4,7-8H2,1-2H3,(H,15,16). The Bertz CT molecular complexity index is 418. The van der Waals surface area contributed by atoms with E-state index >= 15 is 0 Å². The van der Waals surface area contributed by atoms with Gasteiger partial charge in [0.25, 0.3) is 5.91 Å². The van der Waals surface area contributed by atoms with Crippen LogP contribution in [0.1, 0.15) is 29.0 Å². The maximum Gasteiger partial charge on any atom is 0.303 e. The van der Waals surface area contributed by atoms with E-state index in [1.54, 1.807) is 19.2 Å². The molecule has 0 radical (unpaired) electrons. The van der Waals surface area contributed by atoms with Gasteiger partial charge < -0.3 is 10.0 Å². The Morgan fingerprint density at radius 3 is 2.71 bits per heavy atom. The topological polar surface area (TPSA) is 70.5 Å². The number of rotatable bonds is 5. The molecule has 0 unspecified atom stereocenters. The number of nitrogens with zero attached hydrogens (tertiary/aromatic N) is 2. The normalized spacial score (nSPS) is 10.0. The molecule has 0 aliphatic rings. The van der Waals surface area contributed by atoms with Gasteiger partial charge in [-0.1, -0.05) is 6.07 Å². The van der Waals surface area contributed by atoms with Gasteiger partial charge in [0.15, 0.2) is 0 Å². The molecule has 1 aromatic heterocycles. The summed E-state index contributed by atoms with van der Waals surface area (Å²) >= 11 is 0. The van der Waals surface area contributed by atoms with Gasteiger partial charge in [-0.3, -0.25) is 9.59 Å². The third-order valence-electron chi connectivity index (χ3n) is 2.34. The summed E-state index contributed by atoms with van der Waals surface area (Å²) in [6.07, 6.45) is 0.516. The van der Waals surface area contributed by atoms with Crippen LogP contribution in [0.4, 0.5) is 0 Å². The highest BCUT2D eigenvalue weighted by Crippen LogP contribution is 2.03. The smallest absolute Gasteiger partial charge is 0.303 e. The largest absolute Gasteiger partial charge is 0.481 e. The first kappa shape index (κ1) is 13.2. The molecule has 0 aliphatic heterocycles. The first-order valence-electron chi connectivity index (χ1n) is 5.41. The van der Waals surface area contributed by atoms with Crippen LogP contribution < -0.4 is 0 Å². The Hall–Kier alpha value is -1.91. The van der Waals surface area contributed by atoms with E-state index in [0.717, 1.165) is 5.69 Å². The van der Waals surface area contributed by atoms with Gasteiger partial charge in [0.1, 0.15) is 5.69 Å². The number of carbonyl (C=O) groups is 2. The van der Waals surface area contributed by atoms with E-state index in [-0.39, 0.29) is 12.3 Å². The van der Waals surface area contributed by atoms with Crippen LogP contribution in [0.15, 0.2) is 18.2 Å². The molecule has 0 fully saturated rings. The highest BCUT2D eigenvalue weighted by atomic mass is 16.4. The first-order valence-corrected chi connectivity index (χ1v) is 5.41. The molecule has 1 amide bonds. The number of aromatic nitrogens is 1. The molecule has 1 heterocycles. The van der Waals surface area contributed by atoms with Crippen LogP contribution in [0, 0.1) is 6.92 Å². The number of carbonyl (C=O) groups excluding carboxylic acids is 1. The van der Waals surface area contributed by atoms with Gasteiger partial charge in [-0.15, -0.1) is 0 Å². The second-order valence-corrected chi connectivity index (χ2v) is 3.89. The Balaban J connectivity index is 2.54. The zero-order chi connectivity index (χ0) is 12.8. The summed E-state index contributed by atoms with van der Waals surface area (Å²) in [6, 6.07) is 5.25. The molecule has 1 aromatic rings. The number of hydrogen-bond donors (Lipinski definition) is 1. The number of aryl methyl sites for hydroxylation is 1. The fourth-order valence-electron chi connectivity index (χ4n) is 1.43. The van der Waals surface area contributed by atoms with Crippen LogP contribution in [0.3, 0.4) is 0 Å². The monoisotopic (exact) mass is 236 g/mol. The van der Waals surface area contributed by atoms with Gasteiger partial charge in [0.05, 0.1) is 0 Å². The summed E-state index contributed by atoms with van der Waals surface area (Å²) in [4.78, 5) is 27.9. The van der Waals surface area contributed by atoms with Crippen LogP contribution in [-0.2, 0) is 4.79 Å². The number of carboxylic acids is 1. The van der Waals surface area contributed by atoms with Crippen LogP contribution in [0.2, 0.25) is 0 Å². The zero-order valence-electron chi connectivity index (χ0n) is 10.0. The third-order valence-corrected chi connectivity index (χ3v) is 2.34. The van der Waals surface area contributed by atoms with E-state index in [0.29, 0.717) is 18.7 Å². The van der Waals surface area contributed by atoms with E-state index in [2.05, 4.69) is 4.98 Å². The number of carboxylic acid groups (broad SMARTS) is 1. The van der Waals surface area contributed by atoms with Crippen molar-refractivity contribution in [3.05, 3.63) is 29.6 Å². The highest BCUT2D eigenvalue weighted by Gasteiger charge is 2.12. The van der Waals surface area contributed by atoms with Crippen molar-refractivity contribution < 1.29 is 14.7 Å². The SMILES string of the molecule is Cc1cccc(C(=O)N(C)CCCC(=O)O)n1. The summed E-state index contributed by atoms with van der Waals surface area (Å²) in [5.74, 6) is -1.03. The second kappa shape index (κ2) is 5.98. The maximum atomic E-state index is 11.9. The lowest BCUT2D eigenvalue weighted by atomic mass is 10.2. The molecule has 1 rings (SSSR count). The molecule has 0 bridgehead atoms. The number of hydrogen-bond acceptors (Lipinski definition) is 3. The van der Waals surface area contributed by atoms with Crippen molar-refractivity contribution in [1.29, 1.82) is 0 Å². The average Bonchev–Trinajstić information content (AvgIpc) is 2.27. The average molecular weight is 236 g/mol. The fraction of sp³-hybridized carbons (Fsp3) is 0.417. The van der Waals surface area contributed by atoms with Crippen LogP contribution in [-0.4, -0.2) is 40.5 Å². The molecular formula is C12H16N2O3. The van der Waals surface area contributed by atoms with Gasteiger partial charge in [0.2, 0.25) is 0 Å². The highest BCUT2D eigenvalue weighted by molar-refractivity contribution is 5.92. The van der Waals surface area contributed by atoms with Crippen molar-refractivity contribution in [2.75, 3.05) is 13.6 Å². The molecule has 0 aliphatic carbocycles. The van der Waals surface area contributed by atoms with E-state index in [1.165, 1.54) is 4.90 Å². The molecule has 0 aromatic carbocycles. The quantitative estimate of drug-likeness (QED) is 0.837. The van der Waals surface area contributed by atoms with E-state index in [1.807, 2.05) is 13.0 Å². The van der Waals surface area contributed by atoms with Crippen LogP contribution in [0.25, 0.3) is 0 Å². The lowest BCUT2D eigenvalue weighted by molar-refractivity contribution is -0.137. The van der Waals surface area contributed by atoms with Crippen molar-refractivity contribution in [2.45, 2.75) is 19.8 Å². The Morgan fingerprint density at radius 2 is 2.12 bits per heavy atom. The van der Waals surface area contributed by atoms with Crippen molar-refractivity contribution in [1.82, 2.24) is 9.88 Å². The van der Waals surface area contributed by atoms with Crippen molar-refractivity contribution in [2.24, 2.45) is 0 Å². The second-order valence-electron chi connectivity index (χ2n) is 3.89. The molecule has 5 nitrogen and oxygen atoms in total. The molecule has 5 heteroatoms. The van der Waals surface area contributed by atoms with Gasteiger partial charge in [-0.25, -0.2) is 4.98 Å². The van der Waals surface area contributed by atoms with Crippen molar-refractivity contribution >= 4 is 11.9 Å². The summed E-state index contributed by atoms with van der Waals surface area (Å²) < 4.78 is 0. The lowest BCUT2D eigenvalue weighted by Gasteiger charge is -2.16. The summed E-state index contributed by atoms with van der Waals surface area (Å²) in [5.41, 5.74) is 1.18. The predicted octanol–water partition coefficient (Wildman–Crippen LogP) is 1.33. The van der Waals surface area contributed by atoms with E-state index in [4.69, 9.17) is 5.11 Å². The zero-order valence-corrected chi connectivity index (χ0v) is 10.0. The summed E-state index contributed by atoms with van der Waals surface area (Å²) in [7, 11) is 1.65. The van der Waals surface area contributed by atoms with E-state index in [9.17, 15) is 9.59 Å². The Labute approximate surface area is 100 Å². The summed E-state index contributed by atoms with van der Waals surface area (Å²) in [5, 5.41) is 8.50. The molecule has 0 spiro atoms. The molecule has 0 atom stereocenters. The first-order chi connectivity index (χ1) is 8.00. The molecule has 0 saturated carbocycles. The summed E-state index contributed by atoms with van der Waals surface area (Å²) in [6.45, 7) is 2.24.